The minimum Gasteiger partial charge on any atom is -0.478 e. The Labute approximate surface area is 113 Å². The molecule has 0 aliphatic heterocycles. The number of carbonyl (C=O) groups excluding carboxylic acids is 1. The fourth-order valence-electron chi connectivity index (χ4n) is 1.37. The van der Waals surface area contributed by atoms with Gasteiger partial charge < -0.3 is 20.3 Å². The third-order valence-corrected chi connectivity index (χ3v) is 2.22. The molecule has 106 valence electrons. The van der Waals surface area contributed by atoms with Crippen molar-refractivity contribution in [2.45, 2.75) is 13.8 Å². The zero-order valence-corrected chi connectivity index (χ0v) is 11.9. The molecule has 2 N–H and O–H groups in total. The maximum absolute atomic E-state index is 11.3. The predicted octanol–water partition coefficient (Wildman–Crippen LogP) is 0.867. The monoisotopic (exact) mass is 267 g/mol. The van der Waals surface area contributed by atoms with E-state index in [2.05, 4.69) is 20.6 Å². The van der Waals surface area contributed by atoms with Gasteiger partial charge in [-0.15, -0.1) is 0 Å². The molecule has 0 spiro atoms. The van der Waals surface area contributed by atoms with Crippen LogP contribution in [0, 0.1) is 6.92 Å². The van der Waals surface area contributed by atoms with Gasteiger partial charge in [0.1, 0.15) is 11.6 Å². The molecular formula is C12H21N5O2. The molecule has 1 aromatic rings. The zero-order chi connectivity index (χ0) is 14.3. The predicted molar refractivity (Wildman–Crippen MR) is 73.5 cm³/mol. The summed E-state index contributed by atoms with van der Waals surface area (Å²) in [5, 5.41) is 5.87. The van der Waals surface area contributed by atoms with Crippen molar-refractivity contribution in [2.24, 2.45) is 0 Å². The highest BCUT2D eigenvalue weighted by molar-refractivity contribution is 5.73. The van der Waals surface area contributed by atoms with Gasteiger partial charge in [0.25, 0.3) is 0 Å². The summed E-state index contributed by atoms with van der Waals surface area (Å²) in [4.78, 5) is 21.2. The number of amides is 2. The van der Waals surface area contributed by atoms with Crippen molar-refractivity contribution in [1.82, 2.24) is 20.2 Å². The van der Waals surface area contributed by atoms with Crippen LogP contribution < -0.4 is 15.4 Å². The van der Waals surface area contributed by atoms with E-state index in [1.807, 2.05) is 13.8 Å². The Morgan fingerprint density at radius 1 is 1.37 bits per heavy atom. The zero-order valence-electron chi connectivity index (χ0n) is 11.9. The van der Waals surface area contributed by atoms with Gasteiger partial charge in [0.2, 0.25) is 5.88 Å². The summed E-state index contributed by atoms with van der Waals surface area (Å²) in [6.45, 7) is 5.38. The van der Waals surface area contributed by atoms with Gasteiger partial charge in [-0.05, 0) is 13.8 Å². The molecule has 0 aliphatic carbocycles. The number of hydrogen-bond acceptors (Lipinski definition) is 5. The van der Waals surface area contributed by atoms with E-state index in [9.17, 15) is 4.79 Å². The lowest BCUT2D eigenvalue weighted by Gasteiger charge is -2.12. The van der Waals surface area contributed by atoms with E-state index in [-0.39, 0.29) is 6.03 Å². The average molecular weight is 267 g/mol. The van der Waals surface area contributed by atoms with Crippen LogP contribution in [0.3, 0.4) is 0 Å². The fourth-order valence-corrected chi connectivity index (χ4v) is 1.37. The number of aryl methyl sites for hydroxylation is 1. The van der Waals surface area contributed by atoms with Crippen LogP contribution in [0.4, 0.5) is 10.6 Å². The second-order valence-electron chi connectivity index (χ2n) is 4.12. The second kappa shape index (κ2) is 7.40. The van der Waals surface area contributed by atoms with E-state index in [1.54, 1.807) is 20.2 Å². The summed E-state index contributed by atoms with van der Waals surface area (Å²) in [5.74, 6) is 1.88. The third kappa shape index (κ3) is 5.41. The van der Waals surface area contributed by atoms with Crippen LogP contribution >= 0.6 is 0 Å². The van der Waals surface area contributed by atoms with Crippen molar-refractivity contribution < 1.29 is 9.53 Å². The largest absolute Gasteiger partial charge is 0.478 e. The van der Waals surface area contributed by atoms with Gasteiger partial charge in [0, 0.05) is 33.3 Å². The van der Waals surface area contributed by atoms with Gasteiger partial charge in [-0.2, -0.15) is 4.98 Å². The molecule has 7 nitrogen and oxygen atoms in total. The van der Waals surface area contributed by atoms with Crippen molar-refractivity contribution in [1.29, 1.82) is 0 Å². The number of nitrogens with zero attached hydrogens (tertiary/aromatic N) is 3. The highest BCUT2D eigenvalue weighted by Gasteiger charge is 2.03. The average Bonchev–Trinajstić information content (AvgIpc) is 2.34. The highest BCUT2D eigenvalue weighted by atomic mass is 16.5. The number of nitrogens with one attached hydrogen (secondary N) is 2. The van der Waals surface area contributed by atoms with Crippen LogP contribution in [0.1, 0.15) is 12.7 Å². The SMILES string of the molecule is CCOc1cc(NCCNC(=O)N(C)C)nc(C)n1. The van der Waals surface area contributed by atoms with Crippen LogP contribution in [0.25, 0.3) is 0 Å². The molecule has 2 amide bonds. The molecule has 0 unspecified atom stereocenters. The molecule has 19 heavy (non-hydrogen) atoms. The van der Waals surface area contributed by atoms with Gasteiger partial charge in [0.05, 0.1) is 6.61 Å². The second-order valence-corrected chi connectivity index (χ2v) is 4.12. The Kier molecular flexibility index (Phi) is 5.84. The van der Waals surface area contributed by atoms with Gasteiger partial charge in [0.15, 0.2) is 0 Å². The van der Waals surface area contributed by atoms with Crippen LogP contribution in [-0.2, 0) is 0 Å². The van der Waals surface area contributed by atoms with Crippen molar-refractivity contribution in [3.8, 4) is 5.88 Å². The van der Waals surface area contributed by atoms with Crippen molar-refractivity contribution >= 4 is 11.8 Å². The summed E-state index contributed by atoms with van der Waals surface area (Å²) in [6.07, 6.45) is 0. The number of anilines is 1. The molecule has 1 rings (SSSR count). The first-order valence-electron chi connectivity index (χ1n) is 6.20. The number of hydrogen-bond donors (Lipinski definition) is 2. The molecule has 0 bridgehead atoms. The molecule has 0 saturated carbocycles. The van der Waals surface area contributed by atoms with Crippen molar-refractivity contribution in [3.05, 3.63) is 11.9 Å². The molecular weight excluding hydrogens is 246 g/mol. The standard InChI is InChI=1S/C12H21N5O2/c1-5-19-11-8-10(15-9(2)16-11)13-6-7-14-12(18)17(3)4/h8H,5-7H2,1-4H3,(H,14,18)(H,13,15,16). The normalized spacial score (nSPS) is 9.89. The van der Waals surface area contributed by atoms with Crippen LogP contribution in [0.2, 0.25) is 0 Å². The summed E-state index contributed by atoms with van der Waals surface area (Å²) >= 11 is 0. The quantitative estimate of drug-likeness (QED) is 0.748. The van der Waals surface area contributed by atoms with E-state index in [0.29, 0.717) is 37.2 Å². The maximum atomic E-state index is 11.3. The van der Waals surface area contributed by atoms with Gasteiger partial charge >= 0.3 is 6.03 Å². The molecule has 0 atom stereocenters. The van der Waals surface area contributed by atoms with E-state index < -0.39 is 0 Å². The lowest BCUT2D eigenvalue weighted by molar-refractivity contribution is 0.218. The molecule has 0 radical (unpaired) electrons. The summed E-state index contributed by atoms with van der Waals surface area (Å²) in [5.41, 5.74) is 0. The van der Waals surface area contributed by atoms with E-state index in [1.165, 1.54) is 4.90 Å². The number of carbonyl (C=O) groups is 1. The molecule has 0 fully saturated rings. The summed E-state index contributed by atoms with van der Waals surface area (Å²) in [6, 6.07) is 1.63. The smallest absolute Gasteiger partial charge is 0.316 e. The Bertz CT molecular complexity index is 423. The summed E-state index contributed by atoms with van der Waals surface area (Å²) < 4.78 is 5.34. The minimum atomic E-state index is -0.115. The van der Waals surface area contributed by atoms with Crippen molar-refractivity contribution in [2.75, 3.05) is 39.1 Å². The minimum absolute atomic E-state index is 0.115. The van der Waals surface area contributed by atoms with Crippen LogP contribution in [-0.4, -0.2) is 54.7 Å². The Morgan fingerprint density at radius 3 is 2.74 bits per heavy atom. The maximum Gasteiger partial charge on any atom is 0.316 e. The fraction of sp³-hybridized carbons (Fsp3) is 0.583. The van der Waals surface area contributed by atoms with E-state index in [4.69, 9.17) is 4.74 Å². The lowest BCUT2D eigenvalue weighted by Crippen LogP contribution is -2.37. The Morgan fingerprint density at radius 2 is 2.11 bits per heavy atom. The topological polar surface area (TPSA) is 79.4 Å². The number of rotatable bonds is 6. The third-order valence-electron chi connectivity index (χ3n) is 2.22. The van der Waals surface area contributed by atoms with Crippen LogP contribution in [0.15, 0.2) is 6.07 Å². The van der Waals surface area contributed by atoms with E-state index >= 15 is 0 Å². The molecule has 0 aliphatic rings. The van der Waals surface area contributed by atoms with Gasteiger partial charge in [-0.3, -0.25) is 0 Å². The number of ether oxygens (including phenoxy) is 1. The molecule has 7 heteroatoms. The molecule has 1 heterocycles. The van der Waals surface area contributed by atoms with Crippen LogP contribution in [0.5, 0.6) is 5.88 Å². The number of urea groups is 1. The highest BCUT2D eigenvalue weighted by Crippen LogP contribution is 2.12. The number of aromatic nitrogens is 2. The van der Waals surface area contributed by atoms with E-state index in [0.717, 1.165) is 0 Å². The Balaban J connectivity index is 2.42. The first kappa shape index (κ1) is 15.0. The molecule has 1 aromatic heterocycles. The Hall–Kier alpha value is -2.05. The first-order valence-corrected chi connectivity index (χ1v) is 6.20. The first-order chi connectivity index (χ1) is 9.02. The summed E-state index contributed by atoms with van der Waals surface area (Å²) in [7, 11) is 3.40. The van der Waals surface area contributed by atoms with Crippen molar-refractivity contribution in [3.63, 3.8) is 0 Å². The van der Waals surface area contributed by atoms with Gasteiger partial charge in [-0.25, -0.2) is 9.78 Å². The van der Waals surface area contributed by atoms with Gasteiger partial charge in [-0.1, -0.05) is 0 Å². The molecule has 0 saturated heterocycles. The lowest BCUT2D eigenvalue weighted by atomic mass is 10.5. The molecule has 0 aromatic carbocycles.